The number of allylic oxidation sites excluding steroid dienone is 1. The zero-order chi connectivity index (χ0) is 7.90. The molecule has 1 unspecified atom stereocenters. The van der Waals surface area contributed by atoms with E-state index < -0.39 is 6.29 Å². The van der Waals surface area contributed by atoms with Gasteiger partial charge in [-0.1, -0.05) is 19.1 Å². The second kappa shape index (κ2) is 2.32. The van der Waals surface area contributed by atoms with Gasteiger partial charge in [-0.05, 0) is 12.8 Å². The molecule has 0 bridgehead atoms. The Morgan fingerprint density at radius 2 is 2.45 bits per heavy atom. The summed E-state index contributed by atoms with van der Waals surface area (Å²) in [5, 5.41) is 9.53. The number of fused-ring (bicyclic) bond motifs is 1. The van der Waals surface area contributed by atoms with Gasteiger partial charge in [0.25, 0.3) is 0 Å². The molecule has 0 amide bonds. The van der Waals surface area contributed by atoms with Crippen molar-refractivity contribution in [1.82, 2.24) is 0 Å². The van der Waals surface area contributed by atoms with Gasteiger partial charge in [0.05, 0.1) is 6.61 Å². The highest BCUT2D eigenvalue weighted by Gasteiger charge is 2.46. The smallest absolute Gasteiger partial charge is 0.160 e. The van der Waals surface area contributed by atoms with Crippen LogP contribution in [0.1, 0.15) is 19.8 Å². The molecule has 0 radical (unpaired) electrons. The first-order valence-electron chi connectivity index (χ1n) is 4.20. The van der Waals surface area contributed by atoms with E-state index in [0.717, 1.165) is 12.8 Å². The van der Waals surface area contributed by atoms with Crippen LogP contribution in [0.2, 0.25) is 0 Å². The first-order valence-corrected chi connectivity index (χ1v) is 4.20. The molecule has 0 aromatic carbocycles. The Bertz CT molecular complexity index is 188. The number of ether oxygens (including phenoxy) is 1. The lowest BCUT2D eigenvalue weighted by Gasteiger charge is -2.32. The summed E-state index contributed by atoms with van der Waals surface area (Å²) in [5.41, 5.74) is -0.00521. The van der Waals surface area contributed by atoms with E-state index in [1.165, 1.54) is 0 Å². The Hall–Kier alpha value is -0.340. The molecular formula is C9H14O2. The predicted molar refractivity (Wildman–Crippen MR) is 41.9 cm³/mol. The summed E-state index contributed by atoms with van der Waals surface area (Å²) < 4.78 is 5.21. The van der Waals surface area contributed by atoms with Crippen LogP contribution in [0.25, 0.3) is 0 Å². The third kappa shape index (κ3) is 0.932. The Labute approximate surface area is 66.9 Å². The molecule has 0 aromatic rings. The fourth-order valence-corrected chi connectivity index (χ4v) is 2.00. The number of hydrogen-bond acceptors (Lipinski definition) is 2. The van der Waals surface area contributed by atoms with Crippen molar-refractivity contribution >= 4 is 0 Å². The second-order valence-electron chi connectivity index (χ2n) is 3.76. The van der Waals surface area contributed by atoms with Crippen molar-refractivity contribution in [1.29, 1.82) is 0 Å². The molecule has 2 heteroatoms. The monoisotopic (exact) mass is 154 g/mol. The lowest BCUT2D eigenvalue weighted by molar-refractivity contribution is -0.116. The maximum atomic E-state index is 9.53. The molecule has 11 heavy (non-hydrogen) atoms. The van der Waals surface area contributed by atoms with Crippen molar-refractivity contribution < 1.29 is 9.84 Å². The summed E-state index contributed by atoms with van der Waals surface area (Å²) >= 11 is 0. The molecule has 0 aromatic heterocycles. The van der Waals surface area contributed by atoms with Crippen LogP contribution in [0.4, 0.5) is 0 Å². The van der Waals surface area contributed by atoms with Crippen molar-refractivity contribution in [3.63, 3.8) is 0 Å². The number of aliphatic hydroxyl groups excluding tert-OH is 1. The van der Waals surface area contributed by atoms with Crippen LogP contribution < -0.4 is 0 Å². The highest BCUT2D eigenvalue weighted by Crippen LogP contribution is 2.45. The van der Waals surface area contributed by atoms with E-state index in [1.807, 2.05) is 0 Å². The molecule has 62 valence electrons. The number of rotatable bonds is 0. The summed E-state index contributed by atoms with van der Waals surface area (Å²) in [6, 6.07) is 0. The van der Waals surface area contributed by atoms with Gasteiger partial charge in [-0.3, -0.25) is 0 Å². The van der Waals surface area contributed by atoms with E-state index in [4.69, 9.17) is 4.74 Å². The van der Waals surface area contributed by atoms with Gasteiger partial charge in [-0.2, -0.15) is 0 Å². The molecule has 1 fully saturated rings. The van der Waals surface area contributed by atoms with Gasteiger partial charge in [-0.15, -0.1) is 0 Å². The first-order chi connectivity index (χ1) is 5.23. The minimum atomic E-state index is -0.544. The van der Waals surface area contributed by atoms with Crippen molar-refractivity contribution in [2.75, 3.05) is 6.61 Å². The molecule has 1 aliphatic carbocycles. The fourth-order valence-electron chi connectivity index (χ4n) is 2.00. The summed E-state index contributed by atoms with van der Waals surface area (Å²) in [7, 11) is 0. The van der Waals surface area contributed by atoms with Gasteiger partial charge in [0.1, 0.15) is 0 Å². The largest absolute Gasteiger partial charge is 0.367 e. The highest BCUT2D eigenvalue weighted by atomic mass is 16.6. The van der Waals surface area contributed by atoms with Gasteiger partial charge in [0.2, 0.25) is 0 Å². The SMILES string of the molecule is C[C@@]12CCC=C[C@@H]1COC2O. The minimum Gasteiger partial charge on any atom is -0.367 e. The summed E-state index contributed by atoms with van der Waals surface area (Å²) in [6.45, 7) is 2.80. The third-order valence-electron chi connectivity index (χ3n) is 3.06. The van der Waals surface area contributed by atoms with E-state index in [2.05, 4.69) is 19.1 Å². The van der Waals surface area contributed by atoms with Crippen LogP contribution in [0.5, 0.6) is 0 Å². The molecule has 0 saturated carbocycles. The van der Waals surface area contributed by atoms with Crippen molar-refractivity contribution in [2.24, 2.45) is 11.3 Å². The molecule has 2 aliphatic rings. The van der Waals surface area contributed by atoms with E-state index in [0.29, 0.717) is 12.5 Å². The maximum absolute atomic E-state index is 9.53. The van der Waals surface area contributed by atoms with Crippen LogP contribution in [0.3, 0.4) is 0 Å². The molecule has 1 heterocycles. The minimum absolute atomic E-state index is 0.00521. The average Bonchev–Trinajstić information content (AvgIpc) is 2.29. The quantitative estimate of drug-likeness (QED) is 0.533. The Morgan fingerprint density at radius 1 is 1.64 bits per heavy atom. The van der Waals surface area contributed by atoms with Crippen LogP contribution >= 0.6 is 0 Å². The van der Waals surface area contributed by atoms with Crippen molar-refractivity contribution in [3.05, 3.63) is 12.2 Å². The number of aliphatic hydroxyl groups is 1. The van der Waals surface area contributed by atoms with Gasteiger partial charge < -0.3 is 9.84 Å². The molecular weight excluding hydrogens is 140 g/mol. The van der Waals surface area contributed by atoms with E-state index >= 15 is 0 Å². The summed E-state index contributed by atoms with van der Waals surface area (Å²) in [6.07, 6.45) is 5.95. The van der Waals surface area contributed by atoms with Crippen LogP contribution in [-0.4, -0.2) is 18.0 Å². The van der Waals surface area contributed by atoms with Gasteiger partial charge >= 0.3 is 0 Å². The number of hydrogen-bond donors (Lipinski definition) is 1. The fraction of sp³-hybridized carbons (Fsp3) is 0.778. The topological polar surface area (TPSA) is 29.5 Å². The second-order valence-corrected chi connectivity index (χ2v) is 3.76. The molecule has 1 saturated heterocycles. The van der Waals surface area contributed by atoms with Crippen LogP contribution in [0, 0.1) is 11.3 Å². The Balaban J connectivity index is 2.26. The van der Waals surface area contributed by atoms with Gasteiger partial charge in [0.15, 0.2) is 6.29 Å². The summed E-state index contributed by atoms with van der Waals surface area (Å²) in [4.78, 5) is 0. The standard InChI is InChI=1S/C9H14O2/c1-9-5-3-2-4-7(9)6-11-8(9)10/h2,4,7-8,10H,3,5-6H2,1H3/t7-,8?,9-/m1/s1. The molecule has 2 rings (SSSR count). The lowest BCUT2D eigenvalue weighted by atomic mass is 9.72. The van der Waals surface area contributed by atoms with Gasteiger partial charge in [-0.25, -0.2) is 0 Å². The lowest BCUT2D eigenvalue weighted by Crippen LogP contribution is -2.33. The van der Waals surface area contributed by atoms with E-state index in [9.17, 15) is 5.11 Å². The molecule has 3 atom stereocenters. The molecule has 1 aliphatic heterocycles. The van der Waals surface area contributed by atoms with Crippen molar-refractivity contribution in [2.45, 2.75) is 26.1 Å². The average molecular weight is 154 g/mol. The molecule has 2 nitrogen and oxygen atoms in total. The van der Waals surface area contributed by atoms with Crippen molar-refractivity contribution in [3.8, 4) is 0 Å². The highest BCUT2D eigenvalue weighted by molar-refractivity contribution is 5.06. The zero-order valence-corrected chi connectivity index (χ0v) is 6.79. The van der Waals surface area contributed by atoms with Crippen LogP contribution in [0.15, 0.2) is 12.2 Å². The first kappa shape index (κ1) is 7.32. The summed E-state index contributed by atoms with van der Waals surface area (Å²) in [5.74, 6) is 0.436. The molecule has 1 N–H and O–H groups in total. The maximum Gasteiger partial charge on any atom is 0.160 e. The third-order valence-corrected chi connectivity index (χ3v) is 3.06. The molecule has 0 spiro atoms. The zero-order valence-electron chi connectivity index (χ0n) is 6.79. The van der Waals surface area contributed by atoms with E-state index in [-0.39, 0.29) is 5.41 Å². The Morgan fingerprint density at radius 3 is 3.18 bits per heavy atom. The normalized spacial score (nSPS) is 49.3. The Kier molecular flexibility index (Phi) is 1.55. The predicted octanol–water partition coefficient (Wildman–Crippen LogP) is 1.31. The van der Waals surface area contributed by atoms with Gasteiger partial charge in [0, 0.05) is 11.3 Å². The van der Waals surface area contributed by atoms with E-state index in [1.54, 1.807) is 0 Å². The van der Waals surface area contributed by atoms with Crippen LogP contribution in [-0.2, 0) is 4.74 Å².